The van der Waals surface area contributed by atoms with Gasteiger partial charge in [-0.3, -0.25) is 0 Å². The smallest absolute Gasteiger partial charge is 0.245 e. The summed E-state index contributed by atoms with van der Waals surface area (Å²) in [4.78, 5) is -0.272. The van der Waals surface area contributed by atoms with Gasteiger partial charge in [-0.05, 0) is 38.6 Å². The zero-order valence-electron chi connectivity index (χ0n) is 11.1. The zero-order valence-corrected chi connectivity index (χ0v) is 11.9. The summed E-state index contributed by atoms with van der Waals surface area (Å²) >= 11 is 0. The van der Waals surface area contributed by atoms with Gasteiger partial charge in [0.25, 0.3) is 0 Å². The second-order valence-corrected chi connectivity index (χ2v) is 6.38. The Labute approximate surface area is 108 Å². The minimum atomic E-state index is -3.78. The molecule has 1 aromatic rings. The molecule has 0 aromatic heterocycles. The van der Waals surface area contributed by atoms with Crippen LogP contribution in [0.1, 0.15) is 19.4 Å². The largest absolute Gasteiger partial charge is 0.316 e. The third-order valence-electron chi connectivity index (χ3n) is 2.76. The molecule has 1 rings (SSSR count). The lowest BCUT2D eigenvalue weighted by Crippen LogP contribution is -2.33. The fraction of sp³-hybridized carbons (Fsp3) is 0.500. The first-order valence-electron chi connectivity index (χ1n) is 5.71. The molecule has 0 saturated carbocycles. The van der Waals surface area contributed by atoms with Crippen LogP contribution < -0.4 is 5.32 Å². The van der Waals surface area contributed by atoms with Crippen molar-refractivity contribution in [2.75, 3.05) is 14.1 Å². The number of benzene rings is 1. The Hall–Kier alpha value is -0.980. The highest BCUT2D eigenvalue weighted by Gasteiger charge is 2.26. The minimum Gasteiger partial charge on any atom is -0.316 e. The average Bonchev–Trinajstić information content (AvgIpc) is 2.30. The molecule has 4 nitrogen and oxygen atoms in total. The first kappa shape index (κ1) is 15.1. The molecule has 18 heavy (non-hydrogen) atoms. The van der Waals surface area contributed by atoms with Crippen molar-refractivity contribution in [1.29, 1.82) is 0 Å². The predicted octanol–water partition coefficient (Wildman–Crippen LogP) is 1.57. The molecule has 0 saturated heterocycles. The van der Waals surface area contributed by atoms with Gasteiger partial charge in [0, 0.05) is 19.6 Å². The zero-order chi connectivity index (χ0) is 13.9. The Morgan fingerprint density at radius 2 is 2.00 bits per heavy atom. The third kappa shape index (κ3) is 3.07. The first-order chi connectivity index (χ1) is 8.30. The summed E-state index contributed by atoms with van der Waals surface area (Å²) in [6, 6.07) is 3.91. The lowest BCUT2D eigenvalue weighted by molar-refractivity contribution is 0.407. The van der Waals surface area contributed by atoms with E-state index in [9.17, 15) is 12.8 Å². The van der Waals surface area contributed by atoms with Gasteiger partial charge in [0.2, 0.25) is 10.0 Å². The predicted molar refractivity (Wildman–Crippen MR) is 69.2 cm³/mol. The monoisotopic (exact) mass is 274 g/mol. The van der Waals surface area contributed by atoms with Crippen LogP contribution in [0.3, 0.4) is 0 Å². The molecule has 0 aliphatic carbocycles. The molecule has 0 heterocycles. The van der Waals surface area contributed by atoms with E-state index in [-0.39, 0.29) is 10.9 Å². The van der Waals surface area contributed by atoms with Crippen LogP contribution >= 0.6 is 0 Å². The van der Waals surface area contributed by atoms with Crippen LogP contribution in [0, 0.1) is 5.82 Å². The summed E-state index contributed by atoms with van der Waals surface area (Å²) in [6.45, 7) is 3.98. The highest BCUT2D eigenvalue weighted by molar-refractivity contribution is 7.89. The molecule has 102 valence electrons. The number of halogens is 1. The van der Waals surface area contributed by atoms with Crippen LogP contribution in [0.4, 0.5) is 4.39 Å². The van der Waals surface area contributed by atoms with Crippen LogP contribution in [0.25, 0.3) is 0 Å². The lowest BCUT2D eigenvalue weighted by atomic mass is 10.2. The highest BCUT2D eigenvalue weighted by Crippen LogP contribution is 2.21. The van der Waals surface area contributed by atoms with E-state index in [0.717, 1.165) is 9.87 Å². The Morgan fingerprint density at radius 3 is 2.50 bits per heavy atom. The van der Waals surface area contributed by atoms with Crippen LogP contribution in [-0.2, 0) is 16.6 Å². The fourth-order valence-electron chi connectivity index (χ4n) is 1.49. The van der Waals surface area contributed by atoms with Crippen molar-refractivity contribution < 1.29 is 12.8 Å². The van der Waals surface area contributed by atoms with Gasteiger partial charge in [-0.25, -0.2) is 12.8 Å². The van der Waals surface area contributed by atoms with Gasteiger partial charge >= 0.3 is 0 Å². The summed E-state index contributed by atoms with van der Waals surface area (Å²) in [5, 5.41) is 2.90. The van der Waals surface area contributed by atoms with Crippen molar-refractivity contribution in [2.45, 2.75) is 31.3 Å². The standard InChI is InChI=1S/C12H19FN2O2S/c1-9(2)15(4)18(16,17)12-7-10(8-14-3)5-6-11(12)13/h5-7,9,14H,8H2,1-4H3. The Kier molecular flexibility index (Phi) is 4.84. The van der Waals surface area contributed by atoms with Crippen LogP contribution in [0.15, 0.2) is 23.1 Å². The van der Waals surface area contributed by atoms with Crippen molar-refractivity contribution in [3.63, 3.8) is 0 Å². The number of nitrogens with one attached hydrogen (secondary N) is 1. The molecule has 0 amide bonds. The van der Waals surface area contributed by atoms with Gasteiger partial charge in [-0.1, -0.05) is 6.07 Å². The van der Waals surface area contributed by atoms with Gasteiger partial charge in [-0.2, -0.15) is 4.31 Å². The molecule has 0 fully saturated rings. The van der Waals surface area contributed by atoms with Gasteiger partial charge in [-0.15, -0.1) is 0 Å². The summed E-state index contributed by atoms with van der Waals surface area (Å²) in [7, 11) is -0.583. The average molecular weight is 274 g/mol. The van der Waals surface area contributed by atoms with Crippen molar-refractivity contribution in [1.82, 2.24) is 9.62 Å². The molecule has 0 radical (unpaired) electrons. The first-order valence-corrected chi connectivity index (χ1v) is 7.15. The second-order valence-electron chi connectivity index (χ2n) is 4.41. The summed E-state index contributed by atoms with van der Waals surface area (Å²) in [5.41, 5.74) is 0.731. The maximum Gasteiger partial charge on any atom is 0.245 e. The Balaban J connectivity index is 3.27. The third-order valence-corrected chi connectivity index (χ3v) is 4.81. The summed E-state index contributed by atoms with van der Waals surface area (Å²) in [5.74, 6) is -0.720. The van der Waals surface area contributed by atoms with E-state index in [1.54, 1.807) is 27.0 Å². The normalized spacial score (nSPS) is 12.4. The molecule has 0 atom stereocenters. The van der Waals surface area contributed by atoms with E-state index < -0.39 is 15.8 Å². The molecule has 0 bridgehead atoms. The highest BCUT2D eigenvalue weighted by atomic mass is 32.2. The second kappa shape index (κ2) is 5.77. The quantitative estimate of drug-likeness (QED) is 0.886. The fourth-order valence-corrected chi connectivity index (χ4v) is 2.97. The molecule has 1 aromatic carbocycles. The summed E-state index contributed by atoms with van der Waals surface area (Å²) < 4.78 is 39.3. The van der Waals surface area contributed by atoms with Gasteiger partial charge < -0.3 is 5.32 Å². The van der Waals surface area contributed by atoms with Crippen molar-refractivity contribution in [3.05, 3.63) is 29.6 Å². The SMILES string of the molecule is CNCc1ccc(F)c(S(=O)(=O)N(C)C(C)C)c1. The van der Waals surface area contributed by atoms with Crippen LogP contribution in [0.2, 0.25) is 0 Å². The molecule has 0 unspecified atom stereocenters. The van der Waals surface area contributed by atoms with Gasteiger partial charge in [0.1, 0.15) is 10.7 Å². The maximum atomic E-state index is 13.7. The van der Waals surface area contributed by atoms with Gasteiger partial charge in [0.15, 0.2) is 0 Å². The van der Waals surface area contributed by atoms with Crippen molar-refractivity contribution >= 4 is 10.0 Å². The van der Waals surface area contributed by atoms with E-state index in [2.05, 4.69) is 5.32 Å². The molecular weight excluding hydrogens is 255 g/mol. The molecule has 0 aliphatic heterocycles. The number of sulfonamides is 1. The lowest BCUT2D eigenvalue weighted by Gasteiger charge is -2.21. The summed E-state index contributed by atoms with van der Waals surface area (Å²) in [6.07, 6.45) is 0. The van der Waals surface area contributed by atoms with E-state index in [1.165, 1.54) is 19.2 Å². The molecule has 0 spiro atoms. The Morgan fingerprint density at radius 1 is 1.39 bits per heavy atom. The molecule has 0 aliphatic rings. The van der Waals surface area contributed by atoms with E-state index in [1.807, 2.05) is 0 Å². The van der Waals surface area contributed by atoms with Crippen molar-refractivity contribution in [2.24, 2.45) is 0 Å². The Bertz CT molecular complexity index is 515. The topological polar surface area (TPSA) is 49.4 Å². The number of rotatable bonds is 5. The van der Waals surface area contributed by atoms with Crippen LogP contribution in [0.5, 0.6) is 0 Å². The van der Waals surface area contributed by atoms with Crippen molar-refractivity contribution in [3.8, 4) is 0 Å². The number of nitrogens with zero attached hydrogens (tertiary/aromatic N) is 1. The number of hydrogen-bond donors (Lipinski definition) is 1. The minimum absolute atomic E-state index is 0.220. The molecular formula is C12H19FN2O2S. The maximum absolute atomic E-state index is 13.7. The van der Waals surface area contributed by atoms with E-state index >= 15 is 0 Å². The molecule has 6 heteroatoms. The van der Waals surface area contributed by atoms with E-state index in [4.69, 9.17) is 0 Å². The van der Waals surface area contributed by atoms with E-state index in [0.29, 0.717) is 6.54 Å². The van der Waals surface area contributed by atoms with Crippen LogP contribution in [-0.4, -0.2) is 32.9 Å². The van der Waals surface area contributed by atoms with Gasteiger partial charge in [0.05, 0.1) is 0 Å². The number of hydrogen-bond acceptors (Lipinski definition) is 3. The molecule has 1 N–H and O–H groups in total.